The van der Waals surface area contributed by atoms with Gasteiger partial charge in [-0.15, -0.1) is 0 Å². The highest BCUT2D eigenvalue weighted by molar-refractivity contribution is 5.80. The van der Waals surface area contributed by atoms with Crippen LogP contribution >= 0.6 is 0 Å². The number of carbonyl (C=O) groups excluding carboxylic acids is 1. The van der Waals surface area contributed by atoms with Crippen LogP contribution in [0.5, 0.6) is 0 Å². The molecule has 0 aliphatic carbocycles. The largest absolute Gasteiger partial charge is 0.370 e. The summed E-state index contributed by atoms with van der Waals surface area (Å²) in [6.07, 6.45) is 1.91. The van der Waals surface area contributed by atoms with E-state index in [0.29, 0.717) is 12.8 Å². The number of carbonyl (C=O) groups is 1. The molecule has 3 nitrogen and oxygen atoms in total. The van der Waals surface area contributed by atoms with E-state index in [9.17, 15) is 9.90 Å². The van der Waals surface area contributed by atoms with Crippen LogP contribution in [0.2, 0.25) is 0 Å². The Balaban J connectivity index is 2.01. The van der Waals surface area contributed by atoms with Gasteiger partial charge < -0.3 is 10.0 Å². The summed E-state index contributed by atoms with van der Waals surface area (Å²) in [5.41, 5.74) is 0.225. The number of aliphatic hydroxyl groups is 1. The summed E-state index contributed by atoms with van der Waals surface area (Å²) < 4.78 is 0. The number of benzene rings is 1. The molecule has 2 aliphatic rings. The summed E-state index contributed by atoms with van der Waals surface area (Å²) in [5, 5.41) is 10.6. The zero-order valence-electron chi connectivity index (χ0n) is 9.97. The Morgan fingerprint density at radius 2 is 2.06 bits per heavy atom. The van der Waals surface area contributed by atoms with Crippen LogP contribution in [0.15, 0.2) is 30.3 Å². The molecule has 2 heterocycles. The molecule has 1 amide bonds. The Hall–Kier alpha value is -1.35. The fourth-order valence-corrected chi connectivity index (χ4v) is 3.26. The summed E-state index contributed by atoms with van der Waals surface area (Å²) in [6, 6.07) is 10.1. The average molecular weight is 231 g/mol. The van der Waals surface area contributed by atoms with Crippen molar-refractivity contribution in [1.29, 1.82) is 0 Å². The van der Waals surface area contributed by atoms with Gasteiger partial charge in [-0.1, -0.05) is 37.3 Å². The lowest BCUT2D eigenvalue weighted by Crippen LogP contribution is -2.44. The average Bonchev–Trinajstić information content (AvgIpc) is 2.78. The first-order chi connectivity index (χ1) is 8.13. The molecule has 0 radical (unpaired) electrons. The summed E-state index contributed by atoms with van der Waals surface area (Å²) in [4.78, 5) is 13.7. The summed E-state index contributed by atoms with van der Waals surface area (Å²) >= 11 is 0. The van der Waals surface area contributed by atoms with Crippen LogP contribution < -0.4 is 0 Å². The van der Waals surface area contributed by atoms with Gasteiger partial charge in [-0.05, 0) is 12.0 Å². The molecule has 0 aromatic heterocycles. The SMILES string of the molecule is C[C@H]1C[C@@H](c2ccccc2)N2C(=O)CC[C@]12O. The van der Waals surface area contributed by atoms with Gasteiger partial charge in [-0.2, -0.15) is 0 Å². The smallest absolute Gasteiger partial charge is 0.225 e. The van der Waals surface area contributed by atoms with Crippen molar-refractivity contribution in [2.45, 2.75) is 38.0 Å². The number of nitrogens with zero attached hydrogens (tertiary/aromatic N) is 1. The molecule has 3 atom stereocenters. The predicted molar refractivity (Wildman–Crippen MR) is 64.0 cm³/mol. The van der Waals surface area contributed by atoms with Gasteiger partial charge in [0.05, 0.1) is 6.04 Å². The molecule has 0 unspecified atom stereocenters. The second-order valence-electron chi connectivity index (χ2n) is 5.21. The number of hydrogen-bond acceptors (Lipinski definition) is 2. The lowest BCUT2D eigenvalue weighted by atomic mass is 9.94. The Morgan fingerprint density at radius 1 is 1.35 bits per heavy atom. The van der Waals surface area contributed by atoms with E-state index in [0.717, 1.165) is 12.0 Å². The topological polar surface area (TPSA) is 40.5 Å². The van der Waals surface area contributed by atoms with Crippen molar-refractivity contribution in [1.82, 2.24) is 4.90 Å². The third kappa shape index (κ3) is 1.42. The van der Waals surface area contributed by atoms with E-state index < -0.39 is 5.72 Å². The number of hydrogen-bond donors (Lipinski definition) is 1. The van der Waals surface area contributed by atoms with Crippen LogP contribution in [-0.4, -0.2) is 21.6 Å². The molecule has 1 aromatic rings. The predicted octanol–water partition coefficient (Wildman–Crippen LogP) is 2.08. The highest BCUT2D eigenvalue weighted by atomic mass is 16.3. The molecular formula is C14H17NO2. The molecule has 0 bridgehead atoms. The monoisotopic (exact) mass is 231 g/mol. The minimum absolute atomic E-state index is 0.0474. The van der Waals surface area contributed by atoms with Crippen LogP contribution in [0.1, 0.15) is 37.8 Å². The molecule has 0 spiro atoms. The van der Waals surface area contributed by atoms with Crippen LogP contribution in [0.25, 0.3) is 0 Å². The van der Waals surface area contributed by atoms with E-state index in [1.54, 1.807) is 4.90 Å². The number of rotatable bonds is 1. The third-order valence-corrected chi connectivity index (χ3v) is 4.25. The quantitative estimate of drug-likeness (QED) is 0.804. The fourth-order valence-electron chi connectivity index (χ4n) is 3.26. The zero-order valence-corrected chi connectivity index (χ0v) is 9.97. The molecule has 1 aromatic carbocycles. The van der Waals surface area contributed by atoms with Gasteiger partial charge in [0.2, 0.25) is 5.91 Å². The lowest BCUT2D eigenvalue weighted by molar-refractivity contribution is -0.147. The maximum absolute atomic E-state index is 12.0. The van der Waals surface area contributed by atoms with Crippen molar-refractivity contribution in [3.05, 3.63) is 35.9 Å². The zero-order chi connectivity index (χ0) is 12.0. The lowest BCUT2D eigenvalue weighted by Gasteiger charge is -2.32. The molecule has 1 N–H and O–H groups in total. The molecule has 17 heavy (non-hydrogen) atoms. The van der Waals surface area contributed by atoms with Crippen molar-refractivity contribution in [2.24, 2.45) is 5.92 Å². The van der Waals surface area contributed by atoms with Crippen LogP contribution in [-0.2, 0) is 4.79 Å². The number of amides is 1. The molecule has 2 aliphatic heterocycles. The normalized spacial score (nSPS) is 36.4. The minimum atomic E-state index is -0.905. The molecule has 90 valence electrons. The Morgan fingerprint density at radius 3 is 2.76 bits per heavy atom. The third-order valence-electron chi connectivity index (χ3n) is 4.25. The molecule has 0 saturated carbocycles. The van der Waals surface area contributed by atoms with E-state index in [2.05, 4.69) is 0 Å². The Labute approximate surface area is 101 Å². The van der Waals surface area contributed by atoms with Crippen molar-refractivity contribution < 1.29 is 9.90 Å². The summed E-state index contributed by atoms with van der Waals surface area (Å²) in [7, 11) is 0. The van der Waals surface area contributed by atoms with Crippen molar-refractivity contribution in [3.8, 4) is 0 Å². The van der Waals surface area contributed by atoms with Gasteiger partial charge in [-0.25, -0.2) is 0 Å². The second kappa shape index (κ2) is 3.57. The van der Waals surface area contributed by atoms with E-state index in [1.165, 1.54) is 0 Å². The maximum Gasteiger partial charge on any atom is 0.225 e. The minimum Gasteiger partial charge on any atom is -0.370 e. The highest BCUT2D eigenvalue weighted by Gasteiger charge is 2.56. The number of fused-ring (bicyclic) bond motifs is 1. The summed E-state index contributed by atoms with van der Waals surface area (Å²) in [6.45, 7) is 2.04. The van der Waals surface area contributed by atoms with Crippen molar-refractivity contribution in [3.63, 3.8) is 0 Å². The van der Waals surface area contributed by atoms with Gasteiger partial charge >= 0.3 is 0 Å². The molecular weight excluding hydrogens is 214 g/mol. The summed E-state index contributed by atoms with van der Waals surface area (Å²) in [5.74, 6) is 0.241. The van der Waals surface area contributed by atoms with Crippen LogP contribution in [0.4, 0.5) is 0 Å². The molecule has 2 saturated heterocycles. The van der Waals surface area contributed by atoms with Crippen molar-refractivity contribution in [2.75, 3.05) is 0 Å². The van der Waals surface area contributed by atoms with E-state index in [4.69, 9.17) is 0 Å². The second-order valence-corrected chi connectivity index (χ2v) is 5.21. The van der Waals surface area contributed by atoms with Gasteiger partial charge in [0.25, 0.3) is 0 Å². The van der Waals surface area contributed by atoms with Crippen LogP contribution in [0, 0.1) is 5.92 Å². The van der Waals surface area contributed by atoms with E-state index >= 15 is 0 Å². The van der Waals surface area contributed by atoms with E-state index in [1.807, 2.05) is 37.3 Å². The highest BCUT2D eigenvalue weighted by Crippen LogP contribution is 2.50. The molecule has 3 rings (SSSR count). The fraction of sp³-hybridized carbons (Fsp3) is 0.500. The Bertz CT molecular complexity index is 445. The van der Waals surface area contributed by atoms with Gasteiger partial charge in [-0.3, -0.25) is 4.79 Å². The van der Waals surface area contributed by atoms with Crippen molar-refractivity contribution >= 4 is 5.91 Å². The molecule has 2 fully saturated rings. The standard InChI is InChI=1S/C14H17NO2/c1-10-9-12(11-5-3-2-4-6-11)15-13(16)7-8-14(10,15)17/h2-6,10,12,17H,7-9H2,1H3/t10-,12-,14-/m0/s1. The molecule has 3 heteroatoms. The van der Waals surface area contributed by atoms with Gasteiger partial charge in [0.1, 0.15) is 5.72 Å². The first kappa shape index (κ1) is 10.8. The Kier molecular flexibility index (Phi) is 2.26. The van der Waals surface area contributed by atoms with Gasteiger partial charge in [0, 0.05) is 18.8 Å². The van der Waals surface area contributed by atoms with Gasteiger partial charge in [0.15, 0.2) is 0 Å². The first-order valence-corrected chi connectivity index (χ1v) is 6.22. The maximum atomic E-state index is 12.0. The van der Waals surface area contributed by atoms with Crippen LogP contribution in [0.3, 0.4) is 0 Å². The van der Waals surface area contributed by atoms with E-state index in [-0.39, 0.29) is 17.9 Å². The first-order valence-electron chi connectivity index (χ1n) is 6.22.